The topological polar surface area (TPSA) is 26.0 Å². The number of nitrogen functional groups attached to an aromatic ring is 1. The molecule has 2 N–H and O–H groups in total. The number of nitrogens with two attached hydrogens (primary N) is 1. The molecule has 0 aliphatic carbocycles. The lowest BCUT2D eigenvalue weighted by Gasteiger charge is -2.13. The fourth-order valence-corrected chi connectivity index (χ4v) is 3.16. The zero-order chi connectivity index (χ0) is 17.8. The van der Waals surface area contributed by atoms with Gasteiger partial charge in [-0.05, 0) is 56.0 Å². The van der Waals surface area contributed by atoms with Crippen LogP contribution in [-0.2, 0) is 6.42 Å². The van der Waals surface area contributed by atoms with Crippen LogP contribution in [0.1, 0.15) is 33.4 Å². The Hall–Kier alpha value is -2.80. The first-order valence-corrected chi connectivity index (χ1v) is 8.72. The van der Waals surface area contributed by atoms with E-state index in [-0.39, 0.29) is 0 Å². The van der Waals surface area contributed by atoms with E-state index in [1.165, 1.54) is 33.4 Å². The normalized spacial score (nSPS) is 11.6. The summed E-state index contributed by atoms with van der Waals surface area (Å²) in [7, 11) is 0. The molecule has 0 aliphatic rings. The summed E-state index contributed by atoms with van der Waals surface area (Å²) in [5.74, 6) is 0. The first-order chi connectivity index (χ1) is 12.0. The highest BCUT2D eigenvalue weighted by Crippen LogP contribution is 2.30. The fraction of sp³-hybridized carbons (Fsp3) is 0.167. The second kappa shape index (κ2) is 7.40. The second-order valence-electron chi connectivity index (χ2n) is 6.77. The molecule has 126 valence electrons. The van der Waals surface area contributed by atoms with Gasteiger partial charge in [0.05, 0.1) is 0 Å². The molecule has 0 amide bonds. The summed E-state index contributed by atoms with van der Waals surface area (Å²) in [6, 6.07) is 23.5. The van der Waals surface area contributed by atoms with Crippen LogP contribution in [0.25, 0.3) is 5.57 Å². The molecule has 3 aromatic rings. The summed E-state index contributed by atoms with van der Waals surface area (Å²) in [6.45, 7) is 6.37. The molecule has 1 heteroatoms. The Balaban J connectivity index is 2.08. The summed E-state index contributed by atoms with van der Waals surface area (Å²) in [5.41, 5.74) is 15.7. The van der Waals surface area contributed by atoms with E-state index in [0.717, 1.165) is 17.7 Å². The van der Waals surface area contributed by atoms with Crippen LogP contribution in [0.3, 0.4) is 0 Å². The van der Waals surface area contributed by atoms with Crippen LogP contribution >= 0.6 is 0 Å². The van der Waals surface area contributed by atoms with Crippen LogP contribution in [0.4, 0.5) is 5.69 Å². The quantitative estimate of drug-likeness (QED) is 0.596. The van der Waals surface area contributed by atoms with Gasteiger partial charge in [-0.2, -0.15) is 0 Å². The minimum Gasteiger partial charge on any atom is -0.398 e. The average molecular weight is 327 g/mol. The van der Waals surface area contributed by atoms with E-state index in [1.807, 2.05) is 6.07 Å². The van der Waals surface area contributed by atoms with E-state index in [0.29, 0.717) is 0 Å². The maximum Gasteiger partial charge on any atom is 0.0394 e. The van der Waals surface area contributed by atoms with Crippen LogP contribution in [-0.4, -0.2) is 0 Å². The SMILES string of the molecule is Cc1cccc(CC=C(c2cccc(C)c2)c2cc(C)ccc2N)c1. The Morgan fingerprint density at radius 3 is 2.20 bits per heavy atom. The van der Waals surface area contributed by atoms with Crippen molar-refractivity contribution in [2.75, 3.05) is 5.73 Å². The molecule has 1 nitrogen and oxygen atoms in total. The third-order valence-corrected chi connectivity index (χ3v) is 4.45. The summed E-state index contributed by atoms with van der Waals surface area (Å²) < 4.78 is 0. The van der Waals surface area contributed by atoms with Crippen LogP contribution in [0.2, 0.25) is 0 Å². The van der Waals surface area contributed by atoms with E-state index in [9.17, 15) is 0 Å². The highest BCUT2D eigenvalue weighted by molar-refractivity contribution is 5.86. The molecule has 0 saturated carbocycles. The Morgan fingerprint density at radius 2 is 1.48 bits per heavy atom. The third kappa shape index (κ3) is 4.19. The van der Waals surface area contributed by atoms with Gasteiger partial charge in [-0.3, -0.25) is 0 Å². The van der Waals surface area contributed by atoms with Crippen molar-refractivity contribution in [2.24, 2.45) is 0 Å². The summed E-state index contributed by atoms with van der Waals surface area (Å²) >= 11 is 0. The van der Waals surface area contributed by atoms with Gasteiger partial charge < -0.3 is 5.73 Å². The zero-order valence-electron chi connectivity index (χ0n) is 15.2. The number of rotatable bonds is 4. The van der Waals surface area contributed by atoms with Crippen molar-refractivity contribution in [3.8, 4) is 0 Å². The number of aryl methyl sites for hydroxylation is 3. The lowest BCUT2D eigenvalue weighted by Crippen LogP contribution is -1.97. The van der Waals surface area contributed by atoms with Gasteiger partial charge in [-0.15, -0.1) is 0 Å². The first kappa shape index (κ1) is 17.0. The Kier molecular flexibility index (Phi) is 5.04. The van der Waals surface area contributed by atoms with Crippen molar-refractivity contribution < 1.29 is 0 Å². The molecule has 3 rings (SSSR count). The monoisotopic (exact) mass is 327 g/mol. The first-order valence-electron chi connectivity index (χ1n) is 8.72. The smallest absolute Gasteiger partial charge is 0.0394 e. The lowest BCUT2D eigenvalue weighted by atomic mass is 9.92. The van der Waals surface area contributed by atoms with Crippen LogP contribution in [0.15, 0.2) is 72.8 Å². The summed E-state index contributed by atoms with van der Waals surface area (Å²) in [4.78, 5) is 0. The molecule has 0 heterocycles. The van der Waals surface area contributed by atoms with Gasteiger partial charge in [0.1, 0.15) is 0 Å². The van der Waals surface area contributed by atoms with Gasteiger partial charge in [-0.25, -0.2) is 0 Å². The van der Waals surface area contributed by atoms with Crippen molar-refractivity contribution >= 4 is 11.3 Å². The van der Waals surface area contributed by atoms with Crippen LogP contribution in [0.5, 0.6) is 0 Å². The highest BCUT2D eigenvalue weighted by atomic mass is 14.6. The molecule has 25 heavy (non-hydrogen) atoms. The van der Waals surface area contributed by atoms with Gasteiger partial charge >= 0.3 is 0 Å². The zero-order valence-corrected chi connectivity index (χ0v) is 15.2. The predicted octanol–water partition coefficient (Wildman–Crippen LogP) is 5.87. The highest BCUT2D eigenvalue weighted by Gasteiger charge is 2.09. The van der Waals surface area contributed by atoms with Gasteiger partial charge in [-0.1, -0.05) is 77.4 Å². The molecule has 0 saturated heterocycles. The minimum atomic E-state index is 0.822. The van der Waals surface area contributed by atoms with E-state index in [1.54, 1.807) is 0 Å². The van der Waals surface area contributed by atoms with Crippen molar-refractivity contribution in [3.05, 3.63) is 106 Å². The van der Waals surface area contributed by atoms with Gasteiger partial charge in [0.2, 0.25) is 0 Å². The molecular weight excluding hydrogens is 302 g/mol. The summed E-state index contributed by atoms with van der Waals surface area (Å²) in [5, 5.41) is 0. The Labute approximate surface area is 150 Å². The van der Waals surface area contributed by atoms with E-state index < -0.39 is 0 Å². The van der Waals surface area contributed by atoms with Gasteiger partial charge in [0.15, 0.2) is 0 Å². The number of benzene rings is 3. The van der Waals surface area contributed by atoms with E-state index in [4.69, 9.17) is 5.73 Å². The van der Waals surface area contributed by atoms with E-state index >= 15 is 0 Å². The third-order valence-electron chi connectivity index (χ3n) is 4.45. The minimum absolute atomic E-state index is 0.822. The number of allylic oxidation sites excluding steroid dienone is 1. The molecule has 0 aromatic heterocycles. The molecule has 0 bridgehead atoms. The van der Waals surface area contributed by atoms with E-state index in [2.05, 4.69) is 87.5 Å². The molecule has 0 radical (unpaired) electrons. The predicted molar refractivity (Wildman–Crippen MR) is 109 cm³/mol. The molecule has 0 fully saturated rings. The van der Waals surface area contributed by atoms with Crippen molar-refractivity contribution in [2.45, 2.75) is 27.2 Å². The van der Waals surface area contributed by atoms with Gasteiger partial charge in [0.25, 0.3) is 0 Å². The van der Waals surface area contributed by atoms with Crippen molar-refractivity contribution in [1.29, 1.82) is 0 Å². The van der Waals surface area contributed by atoms with Crippen molar-refractivity contribution in [3.63, 3.8) is 0 Å². The van der Waals surface area contributed by atoms with Crippen molar-refractivity contribution in [1.82, 2.24) is 0 Å². The second-order valence-corrected chi connectivity index (χ2v) is 6.77. The standard InChI is InChI=1S/C24H25N/c1-17-6-4-8-20(14-17)11-12-22(21-9-5-7-18(2)15-21)23-16-19(3)10-13-24(23)25/h4-10,12-16H,11,25H2,1-3H3. The lowest BCUT2D eigenvalue weighted by molar-refractivity contribution is 1.25. The molecule has 0 atom stereocenters. The van der Waals surface area contributed by atoms with Crippen LogP contribution < -0.4 is 5.73 Å². The number of anilines is 1. The molecular formula is C24H25N. The number of hydrogen-bond acceptors (Lipinski definition) is 1. The Morgan fingerprint density at radius 1 is 0.800 bits per heavy atom. The maximum atomic E-state index is 6.32. The molecule has 0 aliphatic heterocycles. The molecule has 3 aromatic carbocycles. The largest absolute Gasteiger partial charge is 0.398 e. The van der Waals surface area contributed by atoms with Crippen LogP contribution in [0, 0.1) is 20.8 Å². The Bertz CT molecular complexity index is 919. The molecule has 0 unspecified atom stereocenters. The average Bonchev–Trinajstić information content (AvgIpc) is 2.58. The molecule has 0 spiro atoms. The summed E-state index contributed by atoms with van der Waals surface area (Å²) in [6.07, 6.45) is 3.19. The number of hydrogen-bond donors (Lipinski definition) is 1. The fourth-order valence-electron chi connectivity index (χ4n) is 3.16. The van der Waals surface area contributed by atoms with Gasteiger partial charge in [0, 0.05) is 11.3 Å². The maximum absolute atomic E-state index is 6.32.